The van der Waals surface area contributed by atoms with Gasteiger partial charge in [0.25, 0.3) is 0 Å². The standard InChI is InChI=1S/C9H17N3O3/c10-4-2-5-11-9(15)12-6-1-3-7(12)8(13)14/h7H,1-6,10H2,(H,11,15)(H,13,14)/t7-/m0/s1. The zero-order chi connectivity index (χ0) is 11.3. The van der Waals surface area contributed by atoms with Gasteiger partial charge in [-0.05, 0) is 25.8 Å². The number of carboxylic acids is 1. The third-order valence-electron chi connectivity index (χ3n) is 2.46. The van der Waals surface area contributed by atoms with E-state index in [9.17, 15) is 9.59 Å². The van der Waals surface area contributed by atoms with Crippen LogP contribution in [0.1, 0.15) is 19.3 Å². The van der Waals surface area contributed by atoms with Gasteiger partial charge in [0.05, 0.1) is 0 Å². The summed E-state index contributed by atoms with van der Waals surface area (Å²) < 4.78 is 0. The number of carbonyl (C=O) groups is 2. The van der Waals surface area contributed by atoms with Crippen LogP contribution in [-0.4, -0.2) is 47.7 Å². The Morgan fingerprint density at radius 3 is 2.87 bits per heavy atom. The van der Waals surface area contributed by atoms with Crippen LogP contribution < -0.4 is 11.1 Å². The van der Waals surface area contributed by atoms with Gasteiger partial charge in [0.2, 0.25) is 0 Å². The quantitative estimate of drug-likeness (QED) is 0.556. The molecule has 0 unspecified atom stereocenters. The van der Waals surface area contributed by atoms with Crippen molar-refractivity contribution in [1.29, 1.82) is 0 Å². The van der Waals surface area contributed by atoms with E-state index in [0.29, 0.717) is 32.5 Å². The monoisotopic (exact) mass is 215 g/mol. The van der Waals surface area contributed by atoms with E-state index in [4.69, 9.17) is 10.8 Å². The number of urea groups is 1. The summed E-state index contributed by atoms with van der Waals surface area (Å²) >= 11 is 0. The van der Waals surface area contributed by atoms with Crippen LogP contribution in [0.3, 0.4) is 0 Å². The molecule has 0 aromatic carbocycles. The second-order valence-corrected chi connectivity index (χ2v) is 3.56. The minimum Gasteiger partial charge on any atom is -0.480 e. The lowest BCUT2D eigenvalue weighted by Gasteiger charge is -2.21. The van der Waals surface area contributed by atoms with Gasteiger partial charge in [0.1, 0.15) is 6.04 Å². The fraction of sp³-hybridized carbons (Fsp3) is 0.778. The molecule has 1 heterocycles. The van der Waals surface area contributed by atoms with Gasteiger partial charge in [-0.15, -0.1) is 0 Å². The van der Waals surface area contributed by atoms with Crippen LogP contribution in [0.5, 0.6) is 0 Å². The van der Waals surface area contributed by atoms with Crippen molar-refractivity contribution in [1.82, 2.24) is 10.2 Å². The third-order valence-corrected chi connectivity index (χ3v) is 2.46. The third kappa shape index (κ3) is 3.09. The van der Waals surface area contributed by atoms with E-state index in [1.54, 1.807) is 0 Å². The highest BCUT2D eigenvalue weighted by Crippen LogP contribution is 2.16. The summed E-state index contributed by atoms with van der Waals surface area (Å²) in [6.45, 7) is 1.53. The molecule has 1 saturated heterocycles. The van der Waals surface area contributed by atoms with Gasteiger partial charge in [-0.25, -0.2) is 9.59 Å². The molecule has 1 aliphatic heterocycles. The molecule has 1 rings (SSSR count). The van der Waals surface area contributed by atoms with E-state index >= 15 is 0 Å². The molecule has 4 N–H and O–H groups in total. The van der Waals surface area contributed by atoms with E-state index in [1.165, 1.54) is 4.90 Å². The SMILES string of the molecule is NCCCNC(=O)N1CCC[C@H]1C(=O)O. The van der Waals surface area contributed by atoms with Crippen molar-refractivity contribution in [3.8, 4) is 0 Å². The average molecular weight is 215 g/mol. The van der Waals surface area contributed by atoms with E-state index in [-0.39, 0.29) is 6.03 Å². The van der Waals surface area contributed by atoms with E-state index < -0.39 is 12.0 Å². The molecule has 1 aliphatic rings. The lowest BCUT2D eigenvalue weighted by atomic mass is 10.2. The maximum absolute atomic E-state index is 11.5. The number of carboxylic acid groups (broad SMARTS) is 1. The maximum atomic E-state index is 11.5. The predicted molar refractivity (Wildman–Crippen MR) is 54.4 cm³/mol. The first kappa shape index (κ1) is 11.8. The molecule has 6 nitrogen and oxygen atoms in total. The Bertz CT molecular complexity index is 245. The van der Waals surface area contributed by atoms with Gasteiger partial charge in [0, 0.05) is 13.1 Å². The van der Waals surface area contributed by atoms with Gasteiger partial charge in [0.15, 0.2) is 0 Å². The Labute approximate surface area is 88.4 Å². The van der Waals surface area contributed by atoms with Crippen molar-refractivity contribution in [3.05, 3.63) is 0 Å². The van der Waals surface area contributed by atoms with Crippen LogP contribution in [0.15, 0.2) is 0 Å². The van der Waals surface area contributed by atoms with E-state index in [2.05, 4.69) is 5.32 Å². The molecule has 0 radical (unpaired) electrons. The molecule has 15 heavy (non-hydrogen) atoms. The molecule has 0 aromatic heterocycles. The van der Waals surface area contributed by atoms with Crippen LogP contribution in [0.2, 0.25) is 0 Å². The summed E-state index contributed by atoms with van der Waals surface area (Å²) in [7, 11) is 0. The minimum atomic E-state index is -0.929. The summed E-state index contributed by atoms with van der Waals surface area (Å²) in [5.74, 6) is -0.929. The number of rotatable bonds is 4. The molecular weight excluding hydrogens is 198 g/mol. The molecule has 86 valence electrons. The summed E-state index contributed by atoms with van der Waals surface area (Å²) in [6, 6.07) is -0.962. The molecule has 1 atom stereocenters. The second-order valence-electron chi connectivity index (χ2n) is 3.56. The second kappa shape index (κ2) is 5.55. The number of carbonyl (C=O) groups excluding carboxylic acids is 1. The van der Waals surface area contributed by atoms with Gasteiger partial charge in [-0.1, -0.05) is 0 Å². The maximum Gasteiger partial charge on any atom is 0.326 e. The smallest absolute Gasteiger partial charge is 0.326 e. The average Bonchev–Trinajstić information content (AvgIpc) is 2.66. The van der Waals surface area contributed by atoms with Crippen LogP contribution in [-0.2, 0) is 4.79 Å². The first-order valence-electron chi connectivity index (χ1n) is 5.14. The zero-order valence-corrected chi connectivity index (χ0v) is 8.61. The number of amides is 2. The highest BCUT2D eigenvalue weighted by molar-refractivity contribution is 5.83. The summed E-state index contributed by atoms with van der Waals surface area (Å²) in [5.41, 5.74) is 5.28. The number of nitrogens with one attached hydrogen (secondary N) is 1. The molecular formula is C9H17N3O3. The van der Waals surface area contributed by atoms with E-state index in [0.717, 1.165) is 6.42 Å². The lowest BCUT2D eigenvalue weighted by Crippen LogP contribution is -2.46. The predicted octanol–water partition coefficient (Wildman–Crippen LogP) is -0.406. The fourth-order valence-electron chi connectivity index (χ4n) is 1.67. The van der Waals surface area contributed by atoms with Crippen LogP contribution >= 0.6 is 0 Å². The van der Waals surface area contributed by atoms with Crippen LogP contribution in [0, 0.1) is 0 Å². The summed E-state index contributed by atoms with van der Waals surface area (Å²) in [6.07, 6.45) is 2.00. The van der Waals surface area contributed by atoms with E-state index in [1.807, 2.05) is 0 Å². The normalized spacial score (nSPS) is 20.3. The molecule has 6 heteroatoms. The molecule has 2 amide bonds. The number of aliphatic carboxylic acids is 1. The Morgan fingerprint density at radius 2 is 2.27 bits per heavy atom. The first-order chi connectivity index (χ1) is 7.16. The number of nitrogens with zero attached hydrogens (tertiary/aromatic N) is 1. The van der Waals surface area contributed by atoms with Crippen LogP contribution in [0.4, 0.5) is 4.79 Å². The molecule has 0 aliphatic carbocycles. The highest BCUT2D eigenvalue weighted by atomic mass is 16.4. The minimum absolute atomic E-state index is 0.298. The summed E-state index contributed by atoms with van der Waals surface area (Å²) in [5, 5.41) is 11.5. The highest BCUT2D eigenvalue weighted by Gasteiger charge is 2.33. The van der Waals surface area contributed by atoms with Gasteiger partial charge in [-0.2, -0.15) is 0 Å². The molecule has 0 saturated carbocycles. The van der Waals surface area contributed by atoms with Crippen LogP contribution in [0.25, 0.3) is 0 Å². The van der Waals surface area contributed by atoms with Crippen molar-refractivity contribution < 1.29 is 14.7 Å². The zero-order valence-electron chi connectivity index (χ0n) is 8.61. The number of hydrogen-bond donors (Lipinski definition) is 3. The molecule has 0 bridgehead atoms. The lowest BCUT2D eigenvalue weighted by molar-refractivity contribution is -0.141. The van der Waals surface area contributed by atoms with Crippen molar-refractivity contribution in [2.45, 2.75) is 25.3 Å². The number of likely N-dealkylation sites (tertiary alicyclic amines) is 1. The largest absolute Gasteiger partial charge is 0.480 e. The number of nitrogens with two attached hydrogens (primary N) is 1. The molecule has 0 spiro atoms. The van der Waals surface area contributed by atoms with Crippen molar-refractivity contribution in [3.63, 3.8) is 0 Å². The summed E-state index contributed by atoms with van der Waals surface area (Å²) in [4.78, 5) is 23.7. The molecule has 0 aromatic rings. The van der Waals surface area contributed by atoms with Gasteiger partial charge >= 0.3 is 12.0 Å². The van der Waals surface area contributed by atoms with Gasteiger partial charge in [-0.3, -0.25) is 0 Å². The topological polar surface area (TPSA) is 95.7 Å². The molecule has 1 fully saturated rings. The Hall–Kier alpha value is -1.30. The van der Waals surface area contributed by atoms with Crippen molar-refractivity contribution >= 4 is 12.0 Å². The number of hydrogen-bond acceptors (Lipinski definition) is 3. The first-order valence-corrected chi connectivity index (χ1v) is 5.14. The van der Waals surface area contributed by atoms with Gasteiger partial charge < -0.3 is 21.1 Å². The van der Waals surface area contributed by atoms with Crippen molar-refractivity contribution in [2.75, 3.05) is 19.6 Å². The Morgan fingerprint density at radius 1 is 1.53 bits per heavy atom. The van der Waals surface area contributed by atoms with Crippen molar-refractivity contribution in [2.24, 2.45) is 5.73 Å². The fourth-order valence-corrected chi connectivity index (χ4v) is 1.67. The Kier molecular flexibility index (Phi) is 4.36. The Balaban J connectivity index is 2.40.